The Morgan fingerprint density at radius 3 is 2.63 bits per heavy atom. The van der Waals surface area contributed by atoms with Crippen molar-refractivity contribution in [3.63, 3.8) is 0 Å². The Bertz CT molecular complexity index is 696. The fourth-order valence-electron chi connectivity index (χ4n) is 2.29. The van der Waals surface area contributed by atoms with Gasteiger partial charge in [-0.3, -0.25) is 0 Å². The molecule has 0 aliphatic heterocycles. The molecule has 0 fully saturated rings. The van der Waals surface area contributed by atoms with Gasteiger partial charge in [0.15, 0.2) is 0 Å². The average molecular weight is 251 g/mol. The first kappa shape index (κ1) is 11.9. The van der Waals surface area contributed by atoms with Crippen LogP contribution in [0.25, 0.3) is 11.0 Å². The van der Waals surface area contributed by atoms with E-state index in [0.29, 0.717) is 6.54 Å². The van der Waals surface area contributed by atoms with Crippen LogP contribution in [0.5, 0.6) is 0 Å². The molecule has 1 heterocycles. The van der Waals surface area contributed by atoms with E-state index < -0.39 is 0 Å². The van der Waals surface area contributed by atoms with Crippen molar-refractivity contribution in [1.29, 1.82) is 0 Å². The lowest BCUT2D eigenvalue weighted by molar-refractivity contribution is 1.03. The van der Waals surface area contributed by atoms with Gasteiger partial charge in [0.05, 0.1) is 11.0 Å². The molecule has 3 aromatic rings. The molecule has 0 spiro atoms. The van der Waals surface area contributed by atoms with Crippen LogP contribution in [0.4, 0.5) is 0 Å². The number of aromatic nitrogens is 2. The molecule has 3 heteroatoms. The predicted molar refractivity (Wildman–Crippen MR) is 78.0 cm³/mol. The highest BCUT2D eigenvalue weighted by atomic mass is 14.9. The first-order valence-electron chi connectivity index (χ1n) is 6.48. The molecule has 0 atom stereocenters. The summed E-state index contributed by atoms with van der Waals surface area (Å²) in [5, 5.41) is 0. The van der Waals surface area contributed by atoms with Crippen molar-refractivity contribution in [3.05, 3.63) is 65.0 Å². The molecular formula is C16H17N3. The van der Waals surface area contributed by atoms with Gasteiger partial charge in [-0.15, -0.1) is 0 Å². The number of aromatic amines is 1. The first-order chi connectivity index (χ1) is 9.26. The first-order valence-corrected chi connectivity index (χ1v) is 6.48. The second kappa shape index (κ2) is 4.86. The molecule has 0 saturated heterocycles. The van der Waals surface area contributed by atoms with Gasteiger partial charge >= 0.3 is 0 Å². The summed E-state index contributed by atoms with van der Waals surface area (Å²) in [5.41, 5.74) is 11.4. The summed E-state index contributed by atoms with van der Waals surface area (Å²) < 4.78 is 0. The lowest BCUT2D eigenvalue weighted by Gasteiger charge is -1.98. The van der Waals surface area contributed by atoms with E-state index in [9.17, 15) is 0 Å². The molecule has 1 aromatic heterocycles. The zero-order chi connectivity index (χ0) is 13.2. The van der Waals surface area contributed by atoms with E-state index in [0.717, 1.165) is 28.8 Å². The van der Waals surface area contributed by atoms with Crippen molar-refractivity contribution in [3.8, 4) is 0 Å². The Balaban J connectivity index is 1.95. The molecule has 96 valence electrons. The maximum Gasteiger partial charge on any atom is 0.111 e. The van der Waals surface area contributed by atoms with Gasteiger partial charge in [-0.2, -0.15) is 0 Å². The summed E-state index contributed by atoms with van der Waals surface area (Å²) in [4.78, 5) is 8.03. The van der Waals surface area contributed by atoms with Crippen molar-refractivity contribution in [2.45, 2.75) is 19.9 Å². The normalized spacial score (nSPS) is 11.1. The Kier molecular flexibility index (Phi) is 3.05. The standard InChI is InChI=1S/C16H17N3/c1-11-5-7-12(8-6-11)9-15-18-14-4-2-3-13(10-17)16(14)19-15/h2-8H,9-10,17H2,1H3,(H,18,19). The molecule has 3 N–H and O–H groups in total. The third kappa shape index (κ3) is 2.37. The van der Waals surface area contributed by atoms with E-state index in [1.807, 2.05) is 18.2 Å². The number of nitrogens with one attached hydrogen (secondary N) is 1. The highest BCUT2D eigenvalue weighted by Gasteiger charge is 2.06. The maximum absolute atomic E-state index is 5.74. The zero-order valence-corrected chi connectivity index (χ0v) is 11.0. The summed E-state index contributed by atoms with van der Waals surface area (Å²) in [6.45, 7) is 2.62. The number of hydrogen-bond donors (Lipinski definition) is 2. The Labute approximate surface area is 112 Å². The number of rotatable bonds is 3. The van der Waals surface area contributed by atoms with Gasteiger partial charge in [0.1, 0.15) is 5.82 Å². The number of benzene rings is 2. The highest BCUT2D eigenvalue weighted by Crippen LogP contribution is 2.18. The van der Waals surface area contributed by atoms with Crippen LogP contribution in [0.1, 0.15) is 22.5 Å². The van der Waals surface area contributed by atoms with Crippen LogP contribution in [-0.4, -0.2) is 9.97 Å². The third-order valence-corrected chi connectivity index (χ3v) is 3.36. The van der Waals surface area contributed by atoms with Crippen LogP contribution in [0, 0.1) is 6.92 Å². The zero-order valence-electron chi connectivity index (χ0n) is 11.0. The molecule has 0 radical (unpaired) electrons. The van der Waals surface area contributed by atoms with Crippen LogP contribution in [0.2, 0.25) is 0 Å². The topological polar surface area (TPSA) is 54.7 Å². The van der Waals surface area contributed by atoms with Crippen LogP contribution in [-0.2, 0) is 13.0 Å². The minimum absolute atomic E-state index is 0.520. The van der Waals surface area contributed by atoms with Gasteiger partial charge in [-0.1, -0.05) is 42.0 Å². The largest absolute Gasteiger partial charge is 0.342 e. The SMILES string of the molecule is Cc1ccc(Cc2nc3c(CN)cccc3[nH]2)cc1. The van der Waals surface area contributed by atoms with Crippen molar-refractivity contribution in [2.24, 2.45) is 5.73 Å². The molecule has 3 nitrogen and oxygen atoms in total. The van der Waals surface area contributed by atoms with Gasteiger partial charge in [0.25, 0.3) is 0 Å². The Morgan fingerprint density at radius 1 is 1.11 bits per heavy atom. The van der Waals surface area contributed by atoms with Gasteiger partial charge < -0.3 is 10.7 Å². The summed E-state index contributed by atoms with van der Waals surface area (Å²) in [7, 11) is 0. The number of nitrogens with zero attached hydrogens (tertiary/aromatic N) is 1. The van der Waals surface area contributed by atoms with Crippen LogP contribution in [0.15, 0.2) is 42.5 Å². The van der Waals surface area contributed by atoms with Crippen molar-refractivity contribution in [2.75, 3.05) is 0 Å². The number of fused-ring (bicyclic) bond motifs is 1. The molecule has 2 aromatic carbocycles. The van der Waals surface area contributed by atoms with E-state index >= 15 is 0 Å². The minimum atomic E-state index is 0.520. The molecule has 0 saturated carbocycles. The van der Waals surface area contributed by atoms with Crippen molar-refractivity contribution >= 4 is 11.0 Å². The fraction of sp³-hybridized carbons (Fsp3) is 0.188. The van der Waals surface area contributed by atoms with Gasteiger partial charge in [-0.25, -0.2) is 4.98 Å². The van der Waals surface area contributed by atoms with E-state index in [4.69, 9.17) is 5.73 Å². The Hall–Kier alpha value is -2.13. The Morgan fingerprint density at radius 2 is 1.89 bits per heavy atom. The van der Waals surface area contributed by atoms with E-state index in [2.05, 4.69) is 41.2 Å². The summed E-state index contributed by atoms with van der Waals surface area (Å²) in [5.74, 6) is 0.986. The molecule has 0 aliphatic carbocycles. The minimum Gasteiger partial charge on any atom is -0.342 e. The second-order valence-corrected chi connectivity index (χ2v) is 4.86. The van der Waals surface area contributed by atoms with Crippen LogP contribution >= 0.6 is 0 Å². The van der Waals surface area contributed by atoms with Crippen molar-refractivity contribution in [1.82, 2.24) is 9.97 Å². The molecule has 3 rings (SSSR count). The molecule has 0 amide bonds. The summed E-state index contributed by atoms with van der Waals surface area (Å²) in [6, 6.07) is 14.6. The number of H-pyrrole nitrogens is 1. The molecule has 0 unspecified atom stereocenters. The molecular weight excluding hydrogens is 234 g/mol. The smallest absolute Gasteiger partial charge is 0.111 e. The average Bonchev–Trinajstić information content (AvgIpc) is 2.83. The lowest BCUT2D eigenvalue weighted by Crippen LogP contribution is -1.96. The van der Waals surface area contributed by atoms with Gasteiger partial charge in [-0.05, 0) is 24.1 Å². The number of nitrogens with two attached hydrogens (primary N) is 1. The number of hydrogen-bond acceptors (Lipinski definition) is 2. The van der Waals surface area contributed by atoms with E-state index in [1.54, 1.807) is 0 Å². The number of aryl methyl sites for hydroxylation is 1. The monoisotopic (exact) mass is 251 g/mol. The van der Waals surface area contributed by atoms with E-state index in [-0.39, 0.29) is 0 Å². The molecule has 19 heavy (non-hydrogen) atoms. The van der Waals surface area contributed by atoms with Crippen molar-refractivity contribution < 1.29 is 0 Å². The quantitative estimate of drug-likeness (QED) is 0.752. The van der Waals surface area contributed by atoms with Gasteiger partial charge in [0.2, 0.25) is 0 Å². The molecule has 0 bridgehead atoms. The van der Waals surface area contributed by atoms with E-state index in [1.165, 1.54) is 11.1 Å². The number of imidazole rings is 1. The third-order valence-electron chi connectivity index (χ3n) is 3.36. The van der Waals surface area contributed by atoms with Crippen LogP contribution in [0.3, 0.4) is 0 Å². The summed E-state index contributed by atoms with van der Waals surface area (Å²) in [6.07, 6.45) is 0.818. The summed E-state index contributed by atoms with van der Waals surface area (Å²) >= 11 is 0. The van der Waals surface area contributed by atoms with Crippen LogP contribution < -0.4 is 5.73 Å². The van der Waals surface area contributed by atoms with Gasteiger partial charge in [0, 0.05) is 13.0 Å². The maximum atomic E-state index is 5.74. The second-order valence-electron chi connectivity index (χ2n) is 4.86. The highest BCUT2D eigenvalue weighted by molar-refractivity contribution is 5.78. The predicted octanol–water partition coefficient (Wildman–Crippen LogP) is 2.92. The molecule has 0 aliphatic rings. The lowest BCUT2D eigenvalue weighted by atomic mass is 10.1. The fourth-order valence-corrected chi connectivity index (χ4v) is 2.29. The number of para-hydroxylation sites is 1.